The zero-order valence-electron chi connectivity index (χ0n) is 9.18. The van der Waals surface area contributed by atoms with Crippen LogP contribution in [0.4, 0.5) is 0 Å². The van der Waals surface area contributed by atoms with E-state index in [0.29, 0.717) is 17.2 Å². The number of methoxy groups -OCH3 is 1. The van der Waals surface area contributed by atoms with Gasteiger partial charge in [0.1, 0.15) is 17.2 Å². The number of rotatable bonds is 3. The average molecular weight is 219 g/mol. The zero-order valence-corrected chi connectivity index (χ0v) is 9.18. The monoisotopic (exact) mass is 219 g/mol. The van der Waals surface area contributed by atoms with Gasteiger partial charge in [0.15, 0.2) is 6.10 Å². The Bertz CT molecular complexity index is 479. The number of aliphatic hydroxyl groups excluding tert-OH is 1. The fourth-order valence-electron chi connectivity index (χ4n) is 1.57. The lowest BCUT2D eigenvalue weighted by Gasteiger charge is -2.12. The summed E-state index contributed by atoms with van der Waals surface area (Å²) in [4.78, 5) is 4.11. The van der Waals surface area contributed by atoms with Gasteiger partial charge in [-0.15, -0.1) is 0 Å². The number of aliphatic hydroxyl groups is 1. The SMILES string of the molecule is COc1cccnc1C(O)c1occc1C. The third kappa shape index (κ3) is 1.79. The molecule has 4 nitrogen and oxygen atoms in total. The lowest BCUT2D eigenvalue weighted by molar-refractivity contribution is 0.179. The molecule has 2 aromatic heterocycles. The minimum atomic E-state index is -0.897. The molecule has 0 aromatic carbocycles. The van der Waals surface area contributed by atoms with E-state index in [2.05, 4.69) is 4.98 Å². The molecule has 0 fully saturated rings. The van der Waals surface area contributed by atoms with Crippen LogP contribution in [0, 0.1) is 6.92 Å². The first kappa shape index (κ1) is 10.7. The van der Waals surface area contributed by atoms with Crippen molar-refractivity contribution >= 4 is 0 Å². The molecule has 0 amide bonds. The van der Waals surface area contributed by atoms with Crippen LogP contribution in [0.2, 0.25) is 0 Å². The van der Waals surface area contributed by atoms with Crippen molar-refractivity contribution in [2.45, 2.75) is 13.0 Å². The molecule has 0 aliphatic carbocycles. The first-order valence-corrected chi connectivity index (χ1v) is 4.95. The average Bonchev–Trinajstić information content (AvgIpc) is 2.74. The highest BCUT2D eigenvalue weighted by Crippen LogP contribution is 2.29. The van der Waals surface area contributed by atoms with E-state index in [0.717, 1.165) is 5.56 Å². The number of hydrogen-bond acceptors (Lipinski definition) is 4. The summed E-state index contributed by atoms with van der Waals surface area (Å²) in [6, 6.07) is 5.31. The van der Waals surface area contributed by atoms with Gasteiger partial charge >= 0.3 is 0 Å². The number of aromatic nitrogens is 1. The molecule has 0 bridgehead atoms. The predicted molar refractivity (Wildman–Crippen MR) is 58.3 cm³/mol. The number of pyridine rings is 1. The Kier molecular flexibility index (Phi) is 2.92. The van der Waals surface area contributed by atoms with Crippen LogP contribution in [0.15, 0.2) is 35.1 Å². The van der Waals surface area contributed by atoms with Crippen molar-refractivity contribution in [3.63, 3.8) is 0 Å². The number of aryl methyl sites for hydroxylation is 1. The minimum absolute atomic E-state index is 0.461. The molecule has 0 saturated heterocycles. The van der Waals surface area contributed by atoms with Crippen molar-refractivity contribution in [1.82, 2.24) is 4.98 Å². The summed E-state index contributed by atoms with van der Waals surface area (Å²) >= 11 is 0. The lowest BCUT2D eigenvalue weighted by atomic mass is 10.1. The molecule has 84 valence electrons. The van der Waals surface area contributed by atoms with Crippen molar-refractivity contribution in [1.29, 1.82) is 0 Å². The number of ether oxygens (including phenoxy) is 1. The van der Waals surface area contributed by atoms with Crippen LogP contribution in [-0.2, 0) is 0 Å². The Morgan fingerprint density at radius 1 is 1.44 bits per heavy atom. The van der Waals surface area contributed by atoms with Crippen LogP contribution in [0.25, 0.3) is 0 Å². The van der Waals surface area contributed by atoms with E-state index < -0.39 is 6.10 Å². The van der Waals surface area contributed by atoms with E-state index in [-0.39, 0.29) is 0 Å². The molecule has 2 rings (SSSR count). The zero-order chi connectivity index (χ0) is 11.5. The Labute approximate surface area is 93.5 Å². The van der Waals surface area contributed by atoms with Crippen LogP contribution < -0.4 is 4.74 Å². The van der Waals surface area contributed by atoms with Crippen LogP contribution in [-0.4, -0.2) is 17.2 Å². The molecule has 2 aromatic rings. The van der Waals surface area contributed by atoms with E-state index >= 15 is 0 Å². The van der Waals surface area contributed by atoms with Crippen LogP contribution in [0.1, 0.15) is 23.1 Å². The Morgan fingerprint density at radius 2 is 2.25 bits per heavy atom. The van der Waals surface area contributed by atoms with Gasteiger partial charge in [-0.1, -0.05) is 0 Å². The highest BCUT2D eigenvalue weighted by atomic mass is 16.5. The predicted octanol–water partition coefficient (Wildman–Crippen LogP) is 2.07. The maximum Gasteiger partial charge on any atom is 0.157 e. The molecule has 0 saturated carbocycles. The first-order valence-electron chi connectivity index (χ1n) is 4.95. The second kappa shape index (κ2) is 4.37. The van der Waals surface area contributed by atoms with E-state index in [9.17, 15) is 5.11 Å². The molecule has 1 atom stereocenters. The number of nitrogens with zero attached hydrogens (tertiary/aromatic N) is 1. The van der Waals surface area contributed by atoms with Gasteiger partial charge in [-0.05, 0) is 30.7 Å². The summed E-state index contributed by atoms with van der Waals surface area (Å²) < 4.78 is 10.4. The highest BCUT2D eigenvalue weighted by molar-refractivity contribution is 5.34. The van der Waals surface area contributed by atoms with Gasteiger partial charge in [0, 0.05) is 6.20 Å². The van der Waals surface area contributed by atoms with Gasteiger partial charge in [-0.25, -0.2) is 0 Å². The highest BCUT2D eigenvalue weighted by Gasteiger charge is 2.20. The summed E-state index contributed by atoms with van der Waals surface area (Å²) in [7, 11) is 1.54. The van der Waals surface area contributed by atoms with Gasteiger partial charge < -0.3 is 14.3 Å². The molecular weight excluding hydrogens is 206 g/mol. The van der Waals surface area contributed by atoms with Crippen molar-refractivity contribution in [3.8, 4) is 5.75 Å². The van der Waals surface area contributed by atoms with E-state index in [1.807, 2.05) is 6.92 Å². The third-order valence-corrected chi connectivity index (χ3v) is 2.43. The second-order valence-corrected chi connectivity index (χ2v) is 3.46. The Hall–Kier alpha value is -1.81. The first-order chi connectivity index (χ1) is 7.74. The summed E-state index contributed by atoms with van der Waals surface area (Å²) in [5.41, 5.74) is 1.35. The molecule has 0 aliphatic rings. The molecule has 0 spiro atoms. The summed E-state index contributed by atoms with van der Waals surface area (Å²) in [5.74, 6) is 1.04. The lowest BCUT2D eigenvalue weighted by Crippen LogP contribution is -2.04. The Balaban J connectivity index is 2.41. The van der Waals surface area contributed by atoms with Crippen molar-refractivity contribution < 1.29 is 14.3 Å². The van der Waals surface area contributed by atoms with Crippen LogP contribution >= 0.6 is 0 Å². The molecule has 0 radical (unpaired) electrons. The molecule has 16 heavy (non-hydrogen) atoms. The summed E-state index contributed by atoms with van der Waals surface area (Å²) in [6.07, 6.45) is 2.26. The fourth-order valence-corrected chi connectivity index (χ4v) is 1.57. The fraction of sp³-hybridized carbons (Fsp3) is 0.250. The standard InChI is InChI=1S/C12H13NO3/c1-8-5-7-16-12(8)11(14)10-9(15-2)4-3-6-13-10/h3-7,11,14H,1-2H3. The largest absolute Gasteiger partial charge is 0.495 e. The molecular formula is C12H13NO3. The van der Waals surface area contributed by atoms with Crippen LogP contribution in [0.3, 0.4) is 0 Å². The van der Waals surface area contributed by atoms with Gasteiger partial charge in [0.05, 0.1) is 13.4 Å². The molecule has 4 heteroatoms. The van der Waals surface area contributed by atoms with Crippen molar-refractivity contribution in [2.75, 3.05) is 7.11 Å². The van der Waals surface area contributed by atoms with Gasteiger partial charge in [-0.3, -0.25) is 4.98 Å². The summed E-state index contributed by atoms with van der Waals surface area (Å²) in [5, 5.41) is 10.1. The molecule has 1 N–H and O–H groups in total. The second-order valence-electron chi connectivity index (χ2n) is 3.46. The third-order valence-electron chi connectivity index (χ3n) is 2.43. The van der Waals surface area contributed by atoms with Crippen LogP contribution in [0.5, 0.6) is 5.75 Å². The smallest absolute Gasteiger partial charge is 0.157 e. The maximum atomic E-state index is 10.1. The number of hydrogen-bond donors (Lipinski definition) is 1. The maximum absolute atomic E-state index is 10.1. The van der Waals surface area contributed by atoms with Crippen molar-refractivity contribution in [3.05, 3.63) is 47.7 Å². The minimum Gasteiger partial charge on any atom is -0.495 e. The Morgan fingerprint density at radius 3 is 2.88 bits per heavy atom. The van der Waals surface area contributed by atoms with Gasteiger partial charge in [0.25, 0.3) is 0 Å². The molecule has 0 aliphatic heterocycles. The van der Waals surface area contributed by atoms with Crippen molar-refractivity contribution in [2.24, 2.45) is 0 Å². The molecule has 1 unspecified atom stereocenters. The molecule has 2 heterocycles. The van der Waals surface area contributed by atoms with E-state index in [4.69, 9.17) is 9.15 Å². The topological polar surface area (TPSA) is 55.5 Å². The normalized spacial score (nSPS) is 12.4. The van der Waals surface area contributed by atoms with E-state index in [1.165, 1.54) is 0 Å². The summed E-state index contributed by atoms with van der Waals surface area (Å²) in [6.45, 7) is 1.87. The number of furan rings is 1. The van der Waals surface area contributed by atoms with Gasteiger partial charge in [-0.2, -0.15) is 0 Å². The van der Waals surface area contributed by atoms with E-state index in [1.54, 1.807) is 37.8 Å². The van der Waals surface area contributed by atoms with Gasteiger partial charge in [0.2, 0.25) is 0 Å². The quantitative estimate of drug-likeness (QED) is 0.858.